The van der Waals surface area contributed by atoms with Crippen molar-refractivity contribution in [2.75, 3.05) is 0 Å². The number of aromatic nitrogens is 1. The highest BCUT2D eigenvalue weighted by molar-refractivity contribution is 7.10. The summed E-state index contributed by atoms with van der Waals surface area (Å²) in [6.07, 6.45) is 4.64. The van der Waals surface area contributed by atoms with E-state index < -0.39 is 0 Å². The fourth-order valence-corrected chi connectivity index (χ4v) is 2.65. The molecular formula is C12H14N2S. The van der Waals surface area contributed by atoms with Crippen molar-refractivity contribution in [3.05, 3.63) is 52.0 Å². The molecular weight excluding hydrogens is 204 g/mol. The lowest BCUT2D eigenvalue weighted by atomic mass is 10.0. The van der Waals surface area contributed by atoms with Crippen molar-refractivity contribution in [3.8, 4) is 0 Å². The van der Waals surface area contributed by atoms with Gasteiger partial charge in [-0.05, 0) is 35.1 Å². The second-order valence-corrected chi connectivity index (χ2v) is 4.38. The topological polar surface area (TPSA) is 38.9 Å². The largest absolute Gasteiger partial charge is 0.320 e. The number of pyridine rings is 1. The third-order valence-corrected chi connectivity index (χ3v) is 3.53. The summed E-state index contributed by atoms with van der Waals surface area (Å²) in [4.78, 5) is 5.35. The summed E-state index contributed by atoms with van der Waals surface area (Å²) >= 11 is 1.72. The van der Waals surface area contributed by atoms with E-state index in [0.29, 0.717) is 0 Å². The number of hydrogen-bond donors (Lipinski definition) is 1. The molecule has 0 amide bonds. The van der Waals surface area contributed by atoms with E-state index in [4.69, 9.17) is 5.73 Å². The third-order valence-electron chi connectivity index (χ3n) is 2.49. The van der Waals surface area contributed by atoms with Crippen molar-refractivity contribution >= 4 is 11.3 Å². The number of hydrogen-bond acceptors (Lipinski definition) is 3. The van der Waals surface area contributed by atoms with Crippen molar-refractivity contribution in [2.45, 2.75) is 19.4 Å². The molecule has 0 bridgehead atoms. The van der Waals surface area contributed by atoms with Crippen molar-refractivity contribution in [3.63, 3.8) is 0 Å². The maximum atomic E-state index is 6.21. The zero-order chi connectivity index (χ0) is 10.7. The molecule has 0 aliphatic heterocycles. The van der Waals surface area contributed by atoms with Crippen LogP contribution in [0.5, 0.6) is 0 Å². The maximum absolute atomic E-state index is 6.21. The van der Waals surface area contributed by atoms with Crippen LogP contribution in [0.15, 0.2) is 36.0 Å². The molecule has 15 heavy (non-hydrogen) atoms. The molecule has 3 heteroatoms. The van der Waals surface area contributed by atoms with E-state index in [1.807, 2.05) is 18.3 Å². The van der Waals surface area contributed by atoms with Crippen molar-refractivity contribution in [1.29, 1.82) is 0 Å². The molecule has 78 valence electrons. The summed E-state index contributed by atoms with van der Waals surface area (Å²) in [5.41, 5.74) is 8.63. The minimum atomic E-state index is -0.0337. The highest BCUT2D eigenvalue weighted by atomic mass is 32.1. The molecule has 0 aromatic carbocycles. The van der Waals surface area contributed by atoms with Crippen LogP contribution in [0.4, 0.5) is 0 Å². The van der Waals surface area contributed by atoms with Crippen LogP contribution < -0.4 is 5.73 Å². The number of nitrogens with two attached hydrogens (primary N) is 1. The van der Waals surface area contributed by atoms with E-state index in [0.717, 1.165) is 12.0 Å². The molecule has 0 spiro atoms. The monoisotopic (exact) mass is 218 g/mol. The second-order valence-electron chi connectivity index (χ2n) is 3.43. The molecule has 2 N–H and O–H groups in total. The van der Waals surface area contributed by atoms with Crippen molar-refractivity contribution < 1.29 is 0 Å². The van der Waals surface area contributed by atoms with Gasteiger partial charge < -0.3 is 5.73 Å². The molecule has 2 heterocycles. The summed E-state index contributed by atoms with van der Waals surface area (Å²) in [7, 11) is 0. The van der Waals surface area contributed by atoms with E-state index in [2.05, 4.69) is 23.4 Å². The van der Waals surface area contributed by atoms with Crippen molar-refractivity contribution in [2.24, 2.45) is 5.73 Å². The molecule has 2 aromatic rings. The van der Waals surface area contributed by atoms with Gasteiger partial charge in [0, 0.05) is 17.3 Å². The van der Waals surface area contributed by atoms with Crippen LogP contribution in [0.2, 0.25) is 0 Å². The van der Waals surface area contributed by atoms with E-state index in [9.17, 15) is 0 Å². The van der Waals surface area contributed by atoms with Gasteiger partial charge in [0.2, 0.25) is 0 Å². The Bertz CT molecular complexity index is 422. The third kappa shape index (κ3) is 2.08. The van der Waals surface area contributed by atoms with Gasteiger partial charge in [-0.2, -0.15) is 0 Å². The number of thiophene rings is 1. The number of nitrogens with zero attached hydrogens (tertiary/aromatic N) is 1. The van der Waals surface area contributed by atoms with Crippen LogP contribution in [-0.4, -0.2) is 4.98 Å². The van der Waals surface area contributed by atoms with Gasteiger partial charge in [0.1, 0.15) is 0 Å². The summed E-state index contributed by atoms with van der Waals surface area (Å²) in [5, 5.41) is 2.10. The Hall–Kier alpha value is -1.19. The van der Waals surface area contributed by atoms with Crippen LogP contribution in [0.25, 0.3) is 0 Å². The molecule has 0 saturated carbocycles. The molecule has 2 rings (SSSR count). The normalized spacial score (nSPS) is 12.7. The Morgan fingerprint density at radius 3 is 3.00 bits per heavy atom. The van der Waals surface area contributed by atoms with Gasteiger partial charge in [-0.1, -0.05) is 13.0 Å². The average molecular weight is 218 g/mol. The van der Waals surface area contributed by atoms with Gasteiger partial charge in [0.15, 0.2) is 0 Å². The molecule has 1 atom stereocenters. The zero-order valence-electron chi connectivity index (χ0n) is 8.68. The van der Waals surface area contributed by atoms with E-state index in [-0.39, 0.29) is 6.04 Å². The molecule has 0 aliphatic carbocycles. The Morgan fingerprint density at radius 2 is 2.33 bits per heavy atom. The van der Waals surface area contributed by atoms with Crippen LogP contribution in [0.3, 0.4) is 0 Å². The van der Waals surface area contributed by atoms with Crippen molar-refractivity contribution in [1.82, 2.24) is 4.98 Å². The molecule has 0 saturated heterocycles. The van der Waals surface area contributed by atoms with E-state index in [1.165, 1.54) is 10.4 Å². The molecule has 0 aliphatic rings. The molecule has 0 fully saturated rings. The van der Waals surface area contributed by atoms with Crippen LogP contribution >= 0.6 is 11.3 Å². The summed E-state index contributed by atoms with van der Waals surface area (Å²) in [6, 6.07) is 6.07. The van der Waals surface area contributed by atoms with Gasteiger partial charge in [0.05, 0.1) is 6.04 Å². The zero-order valence-corrected chi connectivity index (χ0v) is 9.50. The molecule has 2 aromatic heterocycles. The smallest absolute Gasteiger partial charge is 0.0663 e. The highest BCUT2D eigenvalue weighted by Crippen LogP contribution is 2.27. The van der Waals surface area contributed by atoms with Crippen LogP contribution in [0, 0.1) is 0 Å². The number of aryl methyl sites for hydroxylation is 1. The van der Waals surface area contributed by atoms with Gasteiger partial charge in [-0.15, -0.1) is 11.3 Å². The first-order valence-electron chi connectivity index (χ1n) is 5.04. The fraction of sp³-hybridized carbons (Fsp3) is 0.250. The Kier molecular flexibility index (Phi) is 3.14. The summed E-state index contributed by atoms with van der Waals surface area (Å²) in [6.45, 7) is 2.15. The standard InChI is InChI=1S/C12H14N2S/c1-2-9-5-7-15-12(9)11(13)10-4-3-6-14-8-10/h3-8,11H,2,13H2,1H3. The SMILES string of the molecule is CCc1ccsc1C(N)c1cccnc1. The average Bonchev–Trinajstić information content (AvgIpc) is 2.77. The lowest BCUT2D eigenvalue weighted by molar-refractivity contribution is 0.866. The Balaban J connectivity index is 2.32. The fourth-order valence-electron chi connectivity index (χ4n) is 1.62. The Labute approximate surface area is 93.8 Å². The first kappa shape index (κ1) is 10.3. The quantitative estimate of drug-likeness (QED) is 0.860. The Morgan fingerprint density at radius 1 is 1.47 bits per heavy atom. The number of rotatable bonds is 3. The van der Waals surface area contributed by atoms with Gasteiger partial charge in [-0.3, -0.25) is 4.98 Å². The molecule has 0 radical (unpaired) electrons. The maximum Gasteiger partial charge on any atom is 0.0663 e. The highest BCUT2D eigenvalue weighted by Gasteiger charge is 2.13. The summed E-state index contributed by atoms with van der Waals surface area (Å²) < 4.78 is 0. The first-order chi connectivity index (χ1) is 7.33. The van der Waals surface area contributed by atoms with Crippen LogP contribution in [-0.2, 0) is 6.42 Å². The van der Waals surface area contributed by atoms with Crippen LogP contribution in [0.1, 0.15) is 29.0 Å². The van der Waals surface area contributed by atoms with E-state index in [1.54, 1.807) is 17.5 Å². The lowest BCUT2D eigenvalue weighted by Gasteiger charge is -2.11. The van der Waals surface area contributed by atoms with Gasteiger partial charge in [-0.25, -0.2) is 0 Å². The van der Waals surface area contributed by atoms with Gasteiger partial charge >= 0.3 is 0 Å². The molecule has 1 unspecified atom stereocenters. The first-order valence-corrected chi connectivity index (χ1v) is 5.92. The minimum Gasteiger partial charge on any atom is -0.320 e. The predicted octanol–water partition coefficient (Wildman–Crippen LogP) is 2.75. The lowest BCUT2D eigenvalue weighted by Crippen LogP contribution is -2.11. The minimum absolute atomic E-state index is 0.0337. The summed E-state index contributed by atoms with van der Waals surface area (Å²) in [5.74, 6) is 0. The predicted molar refractivity (Wildman–Crippen MR) is 64.0 cm³/mol. The second kappa shape index (κ2) is 4.55. The van der Waals surface area contributed by atoms with E-state index >= 15 is 0 Å². The molecule has 2 nitrogen and oxygen atoms in total. The van der Waals surface area contributed by atoms with Gasteiger partial charge in [0.25, 0.3) is 0 Å².